The second-order valence-corrected chi connectivity index (χ2v) is 8.11. The van der Waals surface area contributed by atoms with Gasteiger partial charge in [-0.1, -0.05) is 0 Å². The molecule has 1 aromatic heterocycles. The summed E-state index contributed by atoms with van der Waals surface area (Å²) >= 11 is 3.63. The number of hydrogen-bond acceptors (Lipinski definition) is 4. The lowest BCUT2D eigenvalue weighted by atomic mass is 10.2. The molecule has 0 saturated heterocycles. The molecule has 1 heterocycles. The number of thiazole rings is 1. The number of thioether (sulfide) groups is 1. The maximum atomic E-state index is 4.45. The molecule has 7 heteroatoms. The highest BCUT2D eigenvalue weighted by Crippen LogP contribution is 2.19. The number of nitrogens with one attached hydrogen (secondary N) is 2. The molecule has 21 heavy (non-hydrogen) atoms. The average Bonchev–Trinajstić information content (AvgIpc) is 2.72. The summed E-state index contributed by atoms with van der Waals surface area (Å²) in [6.07, 6.45) is 3.12. The van der Waals surface area contributed by atoms with E-state index in [1.165, 1.54) is 4.88 Å². The van der Waals surface area contributed by atoms with E-state index in [2.05, 4.69) is 54.6 Å². The summed E-state index contributed by atoms with van der Waals surface area (Å²) in [6.45, 7) is 10.4. The molecule has 0 spiro atoms. The fraction of sp³-hybridized carbons (Fsp3) is 0.714. The van der Waals surface area contributed by atoms with Crippen molar-refractivity contribution in [2.24, 2.45) is 4.99 Å². The highest BCUT2D eigenvalue weighted by molar-refractivity contribution is 14.0. The lowest BCUT2D eigenvalue weighted by Crippen LogP contribution is -2.43. The van der Waals surface area contributed by atoms with Crippen LogP contribution in [0, 0.1) is 13.8 Å². The highest BCUT2D eigenvalue weighted by atomic mass is 127. The molecule has 0 aliphatic heterocycles. The van der Waals surface area contributed by atoms with Gasteiger partial charge < -0.3 is 10.6 Å². The van der Waals surface area contributed by atoms with Crippen molar-refractivity contribution in [3.05, 3.63) is 15.6 Å². The first kappa shape index (κ1) is 21.0. The average molecular weight is 442 g/mol. The van der Waals surface area contributed by atoms with Gasteiger partial charge in [0.2, 0.25) is 0 Å². The number of aromatic nitrogens is 1. The van der Waals surface area contributed by atoms with Gasteiger partial charge in [-0.3, -0.25) is 4.99 Å². The summed E-state index contributed by atoms with van der Waals surface area (Å²) in [6, 6.07) is 0. The zero-order chi connectivity index (χ0) is 15.2. The van der Waals surface area contributed by atoms with Crippen LogP contribution in [0.25, 0.3) is 0 Å². The van der Waals surface area contributed by atoms with E-state index in [4.69, 9.17) is 0 Å². The predicted molar refractivity (Wildman–Crippen MR) is 108 cm³/mol. The number of aliphatic imine (C=N–C) groups is 1. The highest BCUT2D eigenvalue weighted by Gasteiger charge is 2.16. The molecule has 0 unspecified atom stereocenters. The van der Waals surface area contributed by atoms with Crippen LogP contribution in [0.4, 0.5) is 0 Å². The standard InChI is InChI=1S/C14H26N4S2.HI/c1-10-12(20-11(2)18-10)7-8-16-13(15-5)17-9-14(3,4)19-6;/h7-9H2,1-6H3,(H2,15,16,17);1H. The number of hydrogen-bond donors (Lipinski definition) is 2. The molecule has 0 radical (unpaired) electrons. The zero-order valence-corrected chi connectivity index (χ0v) is 17.7. The van der Waals surface area contributed by atoms with Gasteiger partial charge in [-0.15, -0.1) is 35.3 Å². The fourth-order valence-electron chi connectivity index (χ4n) is 1.69. The Kier molecular flexibility index (Phi) is 9.88. The third-order valence-corrected chi connectivity index (χ3v) is 5.48. The van der Waals surface area contributed by atoms with Crippen LogP contribution in [0.5, 0.6) is 0 Å². The van der Waals surface area contributed by atoms with Gasteiger partial charge in [0, 0.05) is 36.2 Å². The summed E-state index contributed by atoms with van der Waals surface area (Å²) < 4.78 is 0.211. The van der Waals surface area contributed by atoms with Crippen molar-refractivity contribution in [1.82, 2.24) is 15.6 Å². The van der Waals surface area contributed by atoms with E-state index >= 15 is 0 Å². The van der Waals surface area contributed by atoms with Crippen molar-refractivity contribution in [2.75, 3.05) is 26.4 Å². The second kappa shape index (κ2) is 9.89. The van der Waals surface area contributed by atoms with Crippen molar-refractivity contribution in [2.45, 2.75) is 38.9 Å². The first-order valence-electron chi connectivity index (χ1n) is 6.80. The Bertz CT molecular complexity index is 458. The minimum absolute atomic E-state index is 0. The van der Waals surface area contributed by atoms with E-state index in [1.807, 2.05) is 18.8 Å². The predicted octanol–water partition coefficient (Wildman–Crippen LogP) is 3.23. The number of aryl methyl sites for hydroxylation is 2. The molecule has 122 valence electrons. The first-order chi connectivity index (χ1) is 9.38. The summed E-state index contributed by atoms with van der Waals surface area (Å²) in [4.78, 5) is 10.1. The third-order valence-electron chi connectivity index (χ3n) is 3.10. The van der Waals surface area contributed by atoms with E-state index in [0.29, 0.717) is 0 Å². The van der Waals surface area contributed by atoms with E-state index < -0.39 is 0 Å². The van der Waals surface area contributed by atoms with Crippen LogP contribution >= 0.6 is 47.1 Å². The molecule has 0 aromatic carbocycles. The summed E-state index contributed by atoms with van der Waals surface area (Å²) in [5, 5.41) is 7.87. The van der Waals surface area contributed by atoms with E-state index in [1.54, 1.807) is 11.3 Å². The van der Waals surface area contributed by atoms with E-state index in [9.17, 15) is 0 Å². The number of nitrogens with zero attached hydrogens (tertiary/aromatic N) is 2. The van der Waals surface area contributed by atoms with Crippen molar-refractivity contribution in [3.63, 3.8) is 0 Å². The molecule has 0 fully saturated rings. The molecule has 0 atom stereocenters. The van der Waals surface area contributed by atoms with Gasteiger partial charge in [-0.05, 0) is 34.0 Å². The fourth-order valence-corrected chi connectivity index (χ4v) is 2.84. The van der Waals surface area contributed by atoms with Crippen molar-refractivity contribution in [1.29, 1.82) is 0 Å². The Morgan fingerprint density at radius 3 is 2.48 bits per heavy atom. The Hall–Kier alpha value is -0.0200. The SMILES string of the molecule is CN=C(NCCc1sc(C)nc1C)NCC(C)(C)SC.I. The lowest BCUT2D eigenvalue weighted by molar-refractivity contribution is 0.664. The van der Waals surface area contributed by atoms with Crippen LogP contribution in [0.1, 0.15) is 29.4 Å². The molecule has 0 aliphatic rings. The molecule has 2 N–H and O–H groups in total. The van der Waals surface area contributed by atoms with Crippen LogP contribution in [0.3, 0.4) is 0 Å². The van der Waals surface area contributed by atoms with Crippen molar-refractivity contribution >= 4 is 53.0 Å². The maximum absolute atomic E-state index is 4.45. The normalized spacial score (nSPS) is 12.0. The molecule has 0 aliphatic carbocycles. The third kappa shape index (κ3) is 7.69. The monoisotopic (exact) mass is 442 g/mol. The van der Waals surface area contributed by atoms with E-state index in [-0.39, 0.29) is 28.7 Å². The van der Waals surface area contributed by atoms with Gasteiger partial charge in [-0.25, -0.2) is 4.98 Å². The molecule has 4 nitrogen and oxygen atoms in total. The Balaban J connectivity index is 0.00000400. The molecule has 0 bridgehead atoms. The summed E-state index contributed by atoms with van der Waals surface area (Å²) in [7, 11) is 1.81. The first-order valence-corrected chi connectivity index (χ1v) is 8.84. The molecule has 0 amide bonds. The molecular weight excluding hydrogens is 415 g/mol. The van der Waals surface area contributed by atoms with Gasteiger partial charge in [0.1, 0.15) is 0 Å². The second-order valence-electron chi connectivity index (χ2n) is 5.31. The van der Waals surface area contributed by atoms with Crippen LogP contribution in [0.2, 0.25) is 0 Å². The van der Waals surface area contributed by atoms with Gasteiger partial charge >= 0.3 is 0 Å². The van der Waals surface area contributed by atoms with Crippen LogP contribution in [-0.4, -0.2) is 42.1 Å². The molecule has 1 aromatic rings. The quantitative estimate of drug-likeness (QED) is 0.404. The molecular formula is C14H27IN4S2. The van der Waals surface area contributed by atoms with E-state index in [0.717, 1.165) is 36.2 Å². The largest absolute Gasteiger partial charge is 0.356 e. The smallest absolute Gasteiger partial charge is 0.191 e. The Morgan fingerprint density at radius 1 is 1.33 bits per heavy atom. The van der Waals surface area contributed by atoms with Gasteiger partial charge in [0.05, 0.1) is 10.7 Å². The molecule has 0 saturated carbocycles. The van der Waals surface area contributed by atoms with Crippen LogP contribution in [-0.2, 0) is 6.42 Å². The zero-order valence-electron chi connectivity index (χ0n) is 13.7. The lowest BCUT2D eigenvalue weighted by Gasteiger charge is -2.23. The number of halogens is 1. The summed E-state index contributed by atoms with van der Waals surface area (Å²) in [5.41, 5.74) is 1.15. The number of rotatable bonds is 6. The van der Waals surface area contributed by atoms with Crippen molar-refractivity contribution in [3.8, 4) is 0 Å². The maximum Gasteiger partial charge on any atom is 0.191 e. The van der Waals surface area contributed by atoms with Crippen LogP contribution < -0.4 is 10.6 Å². The topological polar surface area (TPSA) is 49.3 Å². The number of guanidine groups is 1. The summed E-state index contributed by atoms with van der Waals surface area (Å²) in [5.74, 6) is 0.867. The Morgan fingerprint density at radius 2 is 2.00 bits per heavy atom. The van der Waals surface area contributed by atoms with Crippen LogP contribution in [0.15, 0.2) is 4.99 Å². The Labute approximate surface area is 154 Å². The minimum atomic E-state index is 0. The van der Waals surface area contributed by atoms with Gasteiger partial charge in [0.25, 0.3) is 0 Å². The minimum Gasteiger partial charge on any atom is -0.356 e. The molecule has 1 rings (SSSR count). The van der Waals surface area contributed by atoms with Gasteiger partial charge in [0.15, 0.2) is 5.96 Å². The van der Waals surface area contributed by atoms with Gasteiger partial charge in [-0.2, -0.15) is 11.8 Å². The van der Waals surface area contributed by atoms with Crippen molar-refractivity contribution < 1.29 is 0 Å².